The zero-order chi connectivity index (χ0) is 21.4. The van der Waals surface area contributed by atoms with Gasteiger partial charge >= 0.3 is 0 Å². The molecule has 1 aliphatic rings. The average Bonchev–Trinajstić information content (AvgIpc) is 3.23. The first kappa shape index (κ1) is 20.0. The van der Waals surface area contributed by atoms with E-state index < -0.39 is 17.2 Å². The maximum absolute atomic E-state index is 15.1. The van der Waals surface area contributed by atoms with Gasteiger partial charge in [0.1, 0.15) is 11.6 Å². The van der Waals surface area contributed by atoms with E-state index in [9.17, 15) is 0 Å². The van der Waals surface area contributed by atoms with Crippen LogP contribution in [0, 0.1) is 11.6 Å². The molecule has 1 saturated heterocycles. The summed E-state index contributed by atoms with van der Waals surface area (Å²) in [6, 6.07) is 2.79. The smallest absolute Gasteiger partial charge is 0.179 e. The molecule has 0 spiro atoms. The van der Waals surface area contributed by atoms with Crippen LogP contribution < -0.4 is 20.1 Å². The number of halogens is 2. The van der Waals surface area contributed by atoms with Gasteiger partial charge < -0.3 is 24.8 Å². The van der Waals surface area contributed by atoms with Crippen molar-refractivity contribution in [3.63, 3.8) is 0 Å². The Hall–Kier alpha value is -3.27. The van der Waals surface area contributed by atoms with E-state index in [-0.39, 0.29) is 23.4 Å². The molecule has 10 heteroatoms. The summed E-state index contributed by atoms with van der Waals surface area (Å²) in [4.78, 5) is 14.9. The Kier molecular flexibility index (Phi) is 5.25. The van der Waals surface area contributed by atoms with Crippen LogP contribution in [0.2, 0.25) is 0 Å². The number of aromatic nitrogens is 3. The average molecular weight is 417 g/mol. The molecule has 1 aliphatic heterocycles. The second-order valence-electron chi connectivity index (χ2n) is 6.87. The maximum atomic E-state index is 15.1. The van der Waals surface area contributed by atoms with Crippen LogP contribution in [0.25, 0.3) is 22.3 Å². The Labute approximate surface area is 171 Å². The number of nitrogen functional groups attached to an aromatic ring is 1. The van der Waals surface area contributed by atoms with E-state index in [4.69, 9.17) is 19.9 Å². The largest absolute Gasteiger partial charge is 0.494 e. The van der Waals surface area contributed by atoms with E-state index in [0.29, 0.717) is 35.6 Å². The molecule has 158 valence electrons. The quantitative estimate of drug-likeness (QED) is 0.677. The van der Waals surface area contributed by atoms with Crippen LogP contribution in [-0.2, 0) is 4.74 Å². The van der Waals surface area contributed by atoms with Crippen molar-refractivity contribution >= 4 is 22.5 Å². The molecule has 0 saturated carbocycles. The summed E-state index contributed by atoms with van der Waals surface area (Å²) in [5.41, 5.74) is 5.83. The second-order valence-corrected chi connectivity index (χ2v) is 6.87. The predicted molar refractivity (Wildman–Crippen MR) is 108 cm³/mol. The summed E-state index contributed by atoms with van der Waals surface area (Å²) in [7, 11) is 4.22. The number of fused-ring (bicyclic) bond motifs is 1. The number of nitrogens with two attached hydrogens (primary N) is 1. The summed E-state index contributed by atoms with van der Waals surface area (Å²) in [6.45, 7) is 1.25. The Morgan fingerprint density at radius 3 is 2.37 bits per heavy atom. The SMILES string of the molecule is COc1cc(OC)c(F)c(-c2nc(N3CCC(OC)C3)c3cc(N)ncc3n2)c1F. The predicted octanol–water partition coefficient (Wildman–Crippen LogP) is 2.79. The minimum Gasteiger partial charge on any atom is -0.494 e. The highest BCUT2D eigenvalue weighted by Crippen LogP contribution is 2.38. The van der Waals surface area contributed by atoms with Crippen molar-refractivity contribution in [3.8, 4) is 22.9 Å². The van der Waals surface area contributed by atoms with E-state index in [1.54, 1.807) is 13.2 Å². The first-order valence-electron chi connectivity index (χ1n) is 9.28. The topological polar surface area (TPSA) is 95.6 Å². The van der Waals surface area contributed by atoms with Gasteiger partial charge in [0.25, 0.3) is 0 Å². The van der Waals surface area contributed by atoms with E-state index in [0.717, 1.165) is 12.5 Å². The van der Waals surface area contributed by atoms with Gasteiger partial charge in [-0.1, -0.05) is 0 Å². The monoisotopic (exact) mass is 417 g/mol. The Morgan fingerprint density at radius 1 is 1.07 bits per heavy atom. The van der Waals surface area contributed by atoms with Crippen molar-refractivity contribution < 1.29 is 23.0 Å². The molecule has 3 aromatic rings. The van der Waals surface area contributed by atoms with Crippen molar-refractivity contribution in [2.75, 3.05) is 45.1 Å². The van der Waals surface area contributed by atoms with Crippen molar-refractivity contribution in [2.45, 2.75) is 12.5 Å². The van der Waals surface area contributed by atoms with Crippen LogP contribution in [0.1, 0.15) is 6.42 Å². The highest BCUT2D eigenvalue weighted by molar-refractivity contribution is 5.92. The third-order valence-electron chi connectivity index (χ3n) is 5.16. The number of nitrogens with zero attached hydrogens (tertiary/aromatic N) is 4. The summed E-state index contributed by atoms with van der Waals surface area (Å²) >= 11 is 0. The van der Waals surface area contributed by atoms with Gasteiger partial charge in [-0.05, 0) is 12.5 Å². The van der Waals surface area contributed by atoms with Crippen molar-refractivity contribution in [1.29, 1.82) is 0 Å². The number of methoxy groups -OCH3 is 3. The lowest BCUT2D eigenvalue weighted by Gasteiger charge is -2.20. The van der Waals surface area contributed by atoms with Crippen LogP contribution >= 0.6 is 0 Å². The van der Waals surface area contributed by atoms with Gasteiger partial charge in [-0.3, -0.25) is 0 Å². The molecule has 0 radical (unpaired) electrons. The summed E-state index contributed by atoms with van der Waals surface area (Å²) < 4.78 is 45.6. The fourth-order valence-electron chi connectivity index (χ4n) is 3.58. The lowest BCUT2D eigenvalue weighted by atomic mass is 10.1. The highest BCUT2D eigenvalue weighted by atomic mass is 19.1. The maximum Gasteiger partial charge on any atom is 0.179 e. The first-order chi connectivity index (χ1) is 14.5. The van der Waals surface area contributed by atoms with Gasteiger partial charge in [-0.2, -0.15) is 0 Å². The van der Waals surface area contributed by atoms with Gasteiger partial charge in [0.05, 0.1) is 37.6 Å². The molecule has 4 rings (SSSR count). The number of hydrogen-bond acceptors (Lipinski definition) is 8. The number of anilines is 2. The van der Waals surface area contributed by atoms with Gasteiger partial charge in [0.15, 0.2) is 29.0 Å². The number of benzene rings is 1. The molecular formula is C20H21F2N5O3. The third kappa shape index (κ3) is 3.32. The molecule has 0 aliphatic carbocycles. The third-order valence-corrected chi connectivity index (χ3v) is 5.16. The van der Waals surface area contributed by atoms with Crippen molar-refractivity contribution in [2.24, 2.45) is 0 Å². The molecule has 2 N–H and O–H groups in total. The van der Waals surface area contributed by atoms with Gasteiger partial charge in [-0.15, -0.1) is 0 Å². The zero-order valence-electron chi connectivity index (χ0n) is 16.8. The number of ether oxygens (including phenoxy) is 3. The molecule has 1 atom stereocenters. The second kappa shape index (κ2) is 7.86. The lowest BCUT2D eigenvalue weighted by molar-refractivity contribution is 0.121. The highest BCUT2D eigenvalue weighted by Gasteiger charge is 2.28. The van der Waals surface area contributed by atoms with Crippen LogP contribution in [-0.4, -0.2) is 55.5 Å². The van der Waals surface area contributed by atoms with Crippen LogP contribution in [0.3, 0.4) is 0 Å². The molecular weight excluding hydrogens is 396 g/mol. The first-order valence-corrected chi connectivity index (χ1v) is 9.28. The molecule has 1 unspecified atom stereocenters. The van der Waals surface area contributed by atoms with E-state index in [1.807, 2.05) is 4.90 Å². The fraction of sp³-hybridized carbons (Fsp3) is 0.350. The van der Waals surface area contributed by atoms with Gasteiger partial charge in [-0.25, -0.2) is 23.7 Å². The summed E-state index contributed by atoms with van der Waals surface area (Å²) in [5, 5.41) is 0.638. The van der Waals surface area contributed by atoms with E-state index in [2.05, 4.69) is 15.0 Å². The van der Waals surface area contributed by atoms with Crippen LogP contribution in [0.4, 0.5) is 20.4 Å². The van der Waals surface area contributed by atoms with Crippen LogP contribution in [0.15, 0.2) is 18.3 Å². The minimum absolute atomic E-state index is 0.0306. The molecule has 1 fully saturated rings. The fourth-order valence-corrected chi connectivity index (χ4v) is 3.58. The van der Waals surface area contributed by atoms with E-state index in [1.165, 1.54) is 20.4 Å². The van der Waals surface area contributed by atoms with E-state index >= 15 is 8.78 Å². The zero-order valence-corrected chi connectivity index (χ0v) is 16.8. The minimum atomic E-state index is -0.916. The normalized spacial score (nSPS) is 16.3. The van der Waals surface area contributed by atoms with Crippen LogP contribution in [0.5, 0.6) is 11.5 Å². The Morgan fingerprint density at radius 2 is 1.77 bits per heavy atom. The lowest BCUT2D eigenvalue weighted by Crippen LogP contribution is -2.24. The Balaban J connectivity index is 1.97. The molecule has 0 bridgehead atoms. The molecule has 0 amide bonds. The molecule has 30 heavy (non-hydrogen) atoms. The summed E-state index contributed by atoms with van der Waals surface area (Å²) in [5.74, 6) is -1.53. The van der Waals surface area contributed by atoms with Gasteiger partial charge in [0.2, 0.25) is 0 Å². The standard InChI is InChI=1S/C20H21F2N5O3/c1-28-10-4-5-27(9-10)20-11-6-15(23)24-8-12(11)25-19(26-20)16-17(21)13(29-2)7-14(30-3)18(16)22/h6-8,10H,4-5,9H2,1-3H3,(H2,23,24). The number of hydrogen-bond donors (Lipinski definition) is 1. The van der Waals surface area contributed by atoms with Gasteiger partial charge in [0, 0.05) is 31.7 Å². The molecule has 1 aromatic carbocycles. The number of pyridine rings is 1. The van der Waals surface area contributed by atoms with Crippen molar-refractivity contribution in [1.82, 2.24) is 15.0 Å². The summed E-state index contributed by atoms with van der Waals surface area (Å²) in [6.07, 6.45) is 2.28. The van der Waals surface area contributed by atoms with Crippen molar-refractivity contribution in [3.05, 3.63) is 30.0 Å². The Bertz CT molecular complexity index is 1080. The molecule has 8 nitrogen and oxygen atoms in total. The molecule has 3 heterocycles. The molecule has 2 aromatic heterocycles. The number of rotatable bonds is 5.